The molecule has 0 atom stereocenters. The number of hydrogen-bond donors (Lipinski definition) is 1. The van der Waals surface area contributed by atoms with E-state index in [-0.39, 0.29) is 5.91 Å². The Hall–Kier alpha value is -1.87. The maximum atomic E-state index is 11.9. The molecule has 1 aliphatic heterocycles. The molecule has 1 N–H and O–H groups in total. The van der Waals surface area contributed by atoms with E-state index in [4.69, 9.17) is 14.7 Å². The van der Waals surface area contributed by atoms with Crippen molar-refractivity contribution in [1.29, 1.82) is 0 Å². The molecule has 0 spiro atoms. The number of amides is 1. The van der Waals surface area contributed by atoms with E-state index in [0.717, 1.165) is 35.1 Å². The second-order valence-electron chi connectivity index (χ2n) is 7.65. The van der Waals surface area contributed by atoms with Gasteiger partial charge in [0, 0.05) is 31.3 Å². The van der Waals surface area contributed by atoms with Gasteiger partial charge in [-0.05, 0) is 5.92 Å². The van der Waals surface area contributed by atoms with Crippen molar-refractivity contribution >= 4 is 34.5 Å². The number of ether oxygens (including phenoxy) is 1. The van der Waals surface area contributed by atoms with E-state index >= 15 is 0 Å². The summed E-state index contributed by atoms with van der Waals surface area (Å²) in [5.41, 5.74) is 0.817. The lowest BCUT2D eigenvalue weighted by Gasteiger charge is -2.28. The molecule has 28 heavy (non-hydrogen) atoms. The van der Waals surface area contributed by atoms with Gasteiger partial charge in [-0.2, -0.15) is 5.10 Å². The molecule has 3 heterocycles. The molecule has 2 aromatic rings. The molecule has 0 aliphatic carbocycles. The highest BCUT2D eigenvalue weighted by Gasteiger charge is 2.20. The fraction of sp³-hybridized carbons (Fsp3) is 0.684. The molecule has 1 amide bonds. The molecule has 3 rings (SSSR count). The zero-order valence-corrected chi connectivity index (χ0v) is 18.0. The third-order valence-electron chi connectivity index (χ3n) is 4.35. The summed E-state index contributed by atoms with van der Waals surface area (Å²) in [6.45, 7) is 12.5. The van der Waals surface area contributed by atoms with Gasteiger partial charge >= 0.3 is 0 Å². The van der Waals surface area contributed by atoms with E-state index in [9.17, 15) is 4.79 Å². The molecule has 0 unspecified atom stereocenters. The lowest BCUT2D eigenvalue weighted by molar-refractivity contribution is -0.121. The van der Waals surface area contributed by atoms with Crippen LogP contribution in [0.25, 0.3) is 11.0 Å². The minimum absolute atomic E-state index is 0.0751. The first kappa shape index (κ1) is 20.9. The molecule has 0 aromatic carbocycles. The zero-order valence-electron chi connectivity index (χ0n) is 17.1. The summed E-state index contributed by atoms with van der Waals surface area (Å²) in [5.74, 6) is 1.35. The first-order valence-electron chi connectivity index (χ1n) is 9.93. The quantitative estimate of drug-likeness (QED) is 0.532. The van der Waals surface area contributed by atoms with Crippen LogP contribution < -0.4 is 10.2 Å². The standard InChI is InChI=1S/C19H30N6O2S/c1-13(2)11-16(26)20-5-6-25-18-15(12-21-25)17(24-7-9-27-10-8-24)22-19(23-18)28-14(3)4/h12-14H,5-11H2,1-4H3,(H,20,26). The van der Waals surface area contributed by atoms with Crippen LogP contribution in [-0.2, 0) is 16.1 Å². The predicted octanol–water partition coefficient (Wildman–Crippen LogP) is 2.33. The average molecular weight is 407 g/mol. The minimum atomic E-state index is 0.0751. The van der Waals surface area contributed by atoms with Crippen molar-refractivity contribution in [2.75, 3.05) is 37.7 Å². The number of carbonyl (C=O) groups excluding carboxylic acids is 1. The normalized spacial score (nSPS) is 15.0. The zero-order chi connectivity index (χ0) is 20.1. The third kappa shape index (κ3) is 5.35. The first-order chi connectivity index (χ1) is 13.4. The highest BCUT2D eigenvalue weighted by molar-refractivity contribution is 7.99. The Kier molecular flexibility index (Phi) is 7.12. The minimum Gasteiger partial charge on any atom is -0.378 e. The van der Waals surface area contributed by atoms with Crippen molar-refractivity contribution in [2.24, 2.45) is 5.92 Å². The smallest absolute Gasteiger partial charge is 0.220 e. The van der Waals surface area contributed by atoms with Crippen LogP contribution in [0.15, 0.2) is 11.4 Å². The predicted molar refractivity (Wildman–Crippen MR) is 112 cm³/mol. The van der Waals surface area contributed by atoms with Crippen LogP contribution in [0.5, 0.6) is 0 Å². The molecule has 1 fully saturated rings. The van der Waals surface area contributed by atoms with E-state index in [2.05, 4.69) is 29.2 Å². The van der Waals surface area contributed by atoms with Gasteiger partial charge in [-0.25, -0.2) is 14.6 Å². The van der Waals surface area contributed by atoms with Crippen molar-refractivity contribution in [3.8, 4) is 0 Å². The molecule has 154 valence electrons. The molecule has 0 bridgehead atoms. The number of aromatic nitrogens is 4. The molecular formula is C19H30N6O2S. The topological polar surface area (TPSA) is 85.2 Å². The van der Waals surface area contributed by atoms with E-state index in [1.54, 1.807) is 11.8 Å². The summed E-state index contributed by atoms with van der Waals surface area (Å²) in [7, 11) is 0. The van der Waals surface area contributed by atoms with Gasteiger partial charge in [0.15, 0.2) is 10.8 Å². The highest BCUT2D eigenvalue weighted by Crippen LogP contribution is 2.29. The molecule has 1 aliphatic rings. The number of rotatable bonds is 8. The van der Waals surface area contributed by atoms with Crippen LogP contribution in [0.1, 0.15) is 34.1 Å². The van der Waals surface area contributed by atoms with Gasteiger partial charge < -0.3 is 15.0 Å². The molecule has 9 heteroatoms. The number of thioether (sulfide) groups is 1. The summed E-state index contributed by atoms with van der Waals surface area (Å²) >= 11 is 1.65. The largest absolute Gasteiger partial charge is 0.378 e. The lowest BCUT2D eigenvalue weighted by Crippen LogP contribution is -2.37. The van der Waals surface area contributed by atoms with Crippen molar-refractivity contribution in [2.45, 2.75) is 51.1 Å². The van der Waals surface area contributed by atoms with Crippen LogP contribution in [0, 0.1) is 5.92 Å². The van der Waals surface area contributed by atoms with Gasteiger partial charge in [0.25, 0.3) is 0 Å². The number of hydrogen-bond acceptors (Lipinski definition) is 7. The van der Waals surface area contributed by atoms with Crippen LogP contribution in [0.3, 0.4) is 0 Å². The fourth-order valence-corrected chi connectivity index (χ4v) is 3.81. The summed E-state index contributed by atoms with van der Waals surface area (Å²) < 4.78 is 7.35. The van der Waals surface area contributed by atoms with Crippen molar-refractivity contribution < 1.29 is 9.53 Å². The number of nitrogens with one attached hydrogen (secondary N) is 1. The van der Waals surface area contributed by atoms with Crippen LogP contribution in [0.2, 0.25) is 0 Å². The van der Waals surface area contributed by atoms with Gasteiger partial charge in [0.1, 0.15) is 5.82 Å². The molecule has 2 aromatic heterocycles. The van der Waals surface area contributed by atoms with Crippen molar-refractivity contribution in [1.82, 2.24) is 25.1 Å². The van der Waals surface area contributed by atoms with Crippen LogP contribution in [0.4, 0.5) is 5.82 Å². The number of fused-ring (bicyclic) bond motifs is 1. The molecular weight excluding hydrogens is 376 g/mol. The lowest BCUT2D eigenvalue weighted by atomic mass is 10.1. The Morgan fingerprint density at radius 1 is 1.25 bits per heavy atom. The monoisotopic (exact) mass is 406 g/mol. The molecule has 1 saturated heterocycles. The summed E-state index contributed by atoms with van der Waals surface area (Å²) in [5, 5.41) is 9.59. The Morgan fingerprint density at radius 3 is 2.68 bits per heavy atom. The second-order valence-corrected chi connectivity index (χ2v) is 9.19. The Labute approximate surface area is 170 Å². The average Bonchev–Trinajstić information content (AvgIpc) is 3.04. The number of anilines is 1. The Bertz CT molecular complexity index is 801. The summed E-state index contributed by atoms with van der Waals surface area (Å²) in [6, 6.07) is 0. The maximum absolute atomic E-state index is 11.9. The number of morpholine rings is 1. The van der Waals surface area contributed by atoms with E-state index < -0.39 is 0 Å². The maximum Gasteiger partial charge on any atom is 0.220 e. The third-order valence-corrected chi connectivity index (χ3v) is 5.21. The van der Waals surface area contributed by atoms with E-state index in [1.807, 2.05) is 24.7 Å². The van der Waals surface area contributed by atoms with Gasteiger partial charge in [-0.3, -0.25) is 4.79 Å². The number of nitrogens with zero attached hydrogens (tertiary/aromatic N) is 5. The Morgan fingerprint density at radius 2 is 2.00 bits per heavy atom. The second kappa shape index (κ2) is 9.56. The summed E-state index contributed by atoms with van der Waals surface area (Å²) in [4.78, 5) is 23.7. The van der Waals surface area contributed by atoms with Gasteiger partial charge in [-0.1, -0.05) is 39.5 Å². The van der Waals surface area contributed by atoms with Crippen LogP contribution >= 0.6 is 11.8 Å². The SMILES string of the molecule is CC(C)CC(=O)NCCn1ncc2c(N3CCOCC3)nc(SC(C)C)nc21. The van der Waals surface area contributed by atoms with Crippen LogP contribution in [-0.4, -0.2) is 63.8 Å². The van der Waals surface area contributed by atoms with Gasteiger partial charge in [0.2, 0.25) is 5.91 Å². The molecule has 0 radical (unpaired) electrons. The van der Waals surface area contributed by atoms with E-state index in [0.29, 0.717) is 43.9 Å². The first-order valence-corrected chi connectivity index (χ1v) is 10.8. The molecule has 0 saturated carbocycles. The van der Waals surface area contributed by atoms with Gasteiger partial charge in [0.05, 0.1) is 31.3 Å². The van der Waals surface area contributed by atoms with Crippen molar-refractivity contribution in [3.05, 3.63) is 6.20 Å². The molecule has 8 nitrogen and oxygen atoms in total. The highest BCUT2D eigenvalue weighted by atomic mass is 32.2. The number of carbonyl (C=O) groups is 1. The van der Waals surface area contributed by atoms with E-state index in [1.165, 1.54) is 0 Å². The van der Waals surface area contributed by atoms with Crippen molar-refractivity contribution in [3.63, 3.8) is 0 Å². The van der Waals surface area contributed by atoms with Gasteiger partial charge in [-0.15, -0.1) is 0 Å². The summed E-state index contributed by atoms with van der Waals surface area (Å²) in [6.07, 6.45) is 2.37. The fourth-order valence-electron chi connectivity index (χ4n) is 3.11. The Balaban J connectivity index is 1.82.